The zero-order valence-electron chi connectivity index (χ0n) is 10.7. The minimum atomic E-state index is -0.484. The number of primary amides is 1. The van der Waals surface area contributed by atoms with Crippen molar-refractivity contribution in [2.75, 3.05) is 0 Å². The summed E-state index contributed by atoms with van der Waals surface area (Å²) in [7, 11) is 0. The van der Waals surface area contributed by atoms with Gasteiger partial charge in [-0.3, -0.25) is 4.79 Å². The minimum absolute atomic E-state index is 0. The van der Waals surface area contributed by atoms with Crippen LogP contribution >= 0.6 is 12.4 Å². The number of hydrogen-bond acceptors (Lipinski definition) is 2. The fraction of sp³-hybridized carbons (Fsp3) is 0.214. The largest absolute Gasteiger partial charge is 0.479 e. The summed E-state index contributed by atoms with van der Waals surface area (Å²) in [5, 5.41) is 0. The van der Waals surface area contributed by atoms with E-state index in [0.29, 0.717) is 11.3 Å². The Balaban J connectivity index is 0.00000133. The summed E-state index contributed by atoms with van der Waals surface area (Å²) in [6, 6.07) is 9.39. The van der Waals surface area contributed by atoms with Crippen molar-refractivity contribution in [1.82, 2.24) is 4.57 Å². The quantitative estimate of drug-likeness (QED) is 0.872. The summed E-state index contributed by atoms with van der Waals surface area (Å²) < 4.78 is 8.01. The number of amides is 1. The molecular weight excluding hydrogens is 264 g/mol. The third-order valence-electron chi connectivity index (χ3n) is 3.24. The molecule has 0 spiro atoms. The highest BCUT2D eigenvalue weighted by Crippen LogP contribution is 2.40. The average molecular weight is 279 g/mol. The monoisotopic (exact) mass is 278 g/mol. The molecule has 0 radical (unpaired) electrons. The first-order chi connectivity index (χ1) is 8.50. The van der Waals surface area contributed by atoms with E-state index in [1.807, 2.05) is 48.9 Å². The summed E-state index contributed by atoms with van der Waals surface area (Å²) in [5.41, 5.74) is 7.23. The van der Waals surface area contributed by atoms with Crippen LogP contribution in [0, 0.1) is 0 Å². The number of halogens is 1. The summed E-state index contributed by atoms with van der Waals surface area (Å²) in [4.78, 5) is 11.5. The molecule has 1 aliphatic rings. The Kier molecular flexibility index (Phi) is 3.06. The number of aromatic nitrogens is 1. The van der Waals surface area contributed by atoms with Crippen LogP contribution in [0.15, 0.2) is 36.5 Å². The van der Waals surface area contributed by atoms with Gasteiger partial charge in [-0.15, -0.1) is 12.4 Å². The zero-order chi connectivity index (χ0) is 12.9. The van der Waals surface area contributed by atoms with Crippen molar-refractivity contribution in [2.24, 2.45) is 5.73 Å². The molecule has 0 fully saturated rings. The third kappa shape index (κ3) is 1.88. The van der Waals surface area contributed by atoms with Crippen LogP contribution in [-0.2, 0) is 5.60 Å². The molecule has 1 amide bonds. The lowest BCUT2D eigenvalue weighted by molar-refractivity contribution is 0.0866. The number of para-hydroxylation sites is 1. The first-order valence-corrected chi connectivity index (χ1v) is 5.81. The van der Waals surface area contributed by atoms with Crippen LogP contribution in [0.4, 0.5) is 0 Å². The summed E-state index contributed by atoms with van der Waals surface area (Å²) in [6.45, 7) is 3.94. The van der Waals surface area contributed by atoms with Gasteiger partial charge in [0.1, 0.15) is 5.60 Å². The Morgan fingerprint density at radius 2 is 2.00 bits per heavy atom. The normalized spacial score (nSPS) is 14.6. The van der Waals surface area contributed by atoms with E-state index in [4.69, 9.17) is 10.5 Å². The van der Waals surface area contributed by atoms with Crippen molar-refractivity contribution in [3.8, 4) is 11.4 Å². The minimum Gasteiger partial charge on any atom is -0.479 e. The Hall–Kier alpha value is -1.94. The van der Waals surface area contributed by atoms with Crippen LogP contribution < -0.4 is 10.5 Å². The number of ether oxygens (including phenoxy) is 1. The van der Waals surface area contributed by atoms with Crippen molar-refractivity contribution >= 4 is 18.3 Å². The maximum Gasteiger partial charge on any atom is 0.252 e. The van der Waals surface area contributed by atoms with Crippen molar-refractivity contribution in [3.05, 3.63) is 47.8 Å². The molecule has 100 valence electrons. The molecule has 2 heterocycles. The fourth-order valence-corrected chi connectivity index (χ4v) is 2.40. The molecule has 0 saturated heterocycles. The van der Waals surface area contributed by atoms with Crippen LogP contribution in [0.1, 0.15) is 29.9 Å². The molecule has 0 aliphatic carbocycles. The topological polar surface area (TPSA) is 57.2 Å². The second kappa shape index (κ2) is 4.31. The molecule has 1 aromatic heterocycles. The average Bonchev–Trinajstić information content (AvgIpc) is 2.77. The van der Waals surface area contributed by atoms with E-state index >= 15 is 0 Å². The van der Waals surface area contributed by atoms with Crippen molar-refractivity contribution in [3.63, 3.8) is 0 Å². The van der Waals surface area contributed by atoms with Gasteiger partial charge in [0.15, 0.2) is 5.75 Å². The van der Waals surface area contributed by atoms with E-state index in [1.54, 1.807) is 6.07 Å². The van der Waals surface area contributed by atoms with E-state index in [-0.39, 0.29) is 12.4 Å². The van der Waals surface area contributed by atoms with Crippen LogP contribution in [0.25, 0.3) is 5.69 Å². The summed E-state index contributed by atoms with van der Waals surface area (Å²) in [5.74, 6) is 0.0805. The highest BCUT2D eigenvalue weighted by molar-refractivity contribution is 5.97. The van der Waals surface area contributed by atoms with Gasteiger partial charge in [-0.25, -0.2) is 0 Å². The lowest BCUT2D eigenvalue weighted by Crippen LogP contribution is -2.33. The number of rotatable bonds is 1. The van der Waals surface area contributed by atoms with Crippen LogP contribution in [0.2, 0.25) is 0 Å². The number of benzene rings is 1. The lowest BCUT2D eigenvalue weighted by Gasteiger charge is -2.34. The summed E-state index contributed by atoms with van der Waals surface area (Å²) in [6.07, 6.45) is 1.96. The third-order valence-corrected chi connectivity index (χ3v) is 3.24. The van der Waals surface area contributed by atoms with Gasteiger partial charge < -0.3 is 15.0 Å². The molecule has 5 heteroatoms. The number of carbonyl (C=O) groups excluding carboxylic acids is 1. The highest BCUT2D eigenvalue weighted by atomic mass is 35.5. The molecule has 0 saturated carbocycles. The van der Waals surface area contributed by atoms with Gasteiger partial charge in [-0.2, -0.15) is 0 Å². The molecular formula is C14H15ClN2O2. The van der Waals surface area contributed by atoms with E-state index in [0.717, 1.165) is 11.4 Å². The van der Waals surface area contributed by atoms with Crippen LogP contribution in [0.5, 0.6) is 5.75 Å². The molecule has 4 nitrogen and oxygen atoms in total. The van der Waals surface area contributed by atoms with Gasteiger partial charge in [0.05, 0.1) is 16.9 Å². The van der Waals surface area contributed by atoms with Crippen LogP contribution in [-0.4, -0.2) is 10.5 Å². The Labute approximate surface area is 117 Å². The Bertz CT molecular complexity index is 647. The van der Waals surface area contributed by atoms with Crippen molar-refractivity contribution in [2.45, 2.75) is 19.4 Å². The second-order valence-electron chi connectivity index (χ2n) is 4.89. The molecule has 1 aromatic carbocycles. The molecule has 19 heavy (non-hydrogen) atoms. The molecule has 0 unspecified atom stereocenters. The molecule has 2 aromatic rings. The van der Waals surface area contributed by atoms with Gasteiger partial charge in [0, 0.05) is 6.20 Å². The maximum atomic E-state index is 11.5. The molecule has 0 bridgehead atoms. The SMILES string of the molecule is CC1(C)Oc2c(C(N)=O)cccc2-n2cccc21.Cl. The molecule has 1 aliphatic heterocycles. The van der Waals surface area contributed by atoms with Gasteiger partial charge >= 0.3 is 0 Å². The predicted octanol–water partition coefficient (Wildman–Crippen LogP) is 2.63. The predicted molar refractivity (Wildman–Crippen MR) is 75.2 cm³/mol. The first-order valence-electron chi connectivity index (χ1n) is 5.81. The standard InChI is InChI=1S/C14H14N2O2.ClH/c1-14(2)11-7-4-8-16(11)10-6-3-5-9(13(15)17)12(10)18-14;/h3-8H,1-2H3,(H2,15,17);1H. The first kappa shape index (κ1) is 13.5. The van der Waals surface area contributed by atoms with E-state index < -0.39 is 11.5 Å². The van der Waals surface area contributed by atoms with Gasteiger partial charge in [-0.05, 0) is 38.1 Å². The lowest BCUT2D eigenvalue weighted by atomic mass is 10.0. The number of nitrogens with zero attached hydrogens (tertiary/aromatic N) is 1. The summed E-state index contributed by atoms with van der Waals surface area (Å²) >= 11 is 0. The zero-order valence-corrected chi connectivity index (χ0v) is 11.5. The fourth-order valence-electron chi connectivity index (χ4n) is 2.40. The maximum absolute atomic E-state index is 11.5. The van der Waals surface area contributed by atoms with Crippen LogP contribution in [0.3, 0.4) is 0 Å². The number of fused-ring (bicyclic) bond motifs is 3. The van der Waals surface area contributed by atoms with E-state index in [9.17, 15) is 4.79 Å². The molecule has 3 rings (SSSR count). The van der Waals surface area contributed by atoms with Crippen molar-refractivity contribution < 1.29 is 9.53 Å². The van der Waals surface area contributed by atoms with E-state index in [2.05, 4.69) is 0 Å². The van der Waals surface area contributed by atoms with Gasteiger partial charge in [0.25, 0.3) is 5.91 Å². The smallest absolute Gasteiger partial charge is 0.252 e. The van der Waals surface area contributed by atoms with Gasteiger partial charge in [0.2, 0.25) is 0 Å². The number of carbonyl (C=O) groups is 1. The number of hydrogen-bond donors (Lipinski definition) is 1. The van der Waals surface area contributed by atoms with Gasteiger partial charge in [-0.1, -0.05) is 6.07 Å². The Morgan fingerprint density at radius 1 is 1.26 bits per heavy atom. The Morgan fingerprint density at radius 3 is 2.68 bits per heavy atom. The second-order valence-corrected chi connectivity index (χ2v) is 4.89. The molecule has 0 atom stereocenters. The molecule has 2 N–H and O–H groups in total. The van der Waals surface area contributed by atoms with Crippen molar-refractivity contribution in [1.29, 1.82) is 0 Å². The number of nitrogens with two attached hydrogens (primary N) is 1. The highest BCUT2D eigenvalue weighted by Gasteiger charge is 2.34. The van der Waals surface area contributed by atoms with E-state index in [1.165, 1.54) is 0 Å².